The number of fused-ring (bicyclic) bond motifs is 1. The van der Waals surface area contributed by atoms with E-state index in [1.165, 1.54) is 29.2 Å². The van der Waals surface area contributed by atoms with Crippen molar-refractivity contribution in [1.82, 2.24) is 5.01 Å². The molecule has 2 N–H and O–H groups in total. The minimum absolute atomic E-state index is 0.0607. The number of hydrazine groups is 1. The Kier molecular flexibility index (Phi) is 5.53. The van der Waals surface area contributed by atoms with Crippen LogP contribution in [0.15, 0.2) is 66.7 Å². The highest BCUT2D eigenvalue weighted by atomic mass is 16.6. The first-order valence-electron chi connectivity index (χ1n) is 10.0. The zero-order valence-corrected chi connectivity index (χ0v) is 16.8. The lowest BCUT2D eigenvalue weighted by Gasteiger charge is -2.40. The lowest BCUT2D eigenvalue weighted by Crippen LogP contribution is -2.57. The molecule has 160 valence electrons. The Labute approximate surface area is 178 Å². The molecule has 0 aromatic heterocycles. The maximum atomic E-state index is 13.4. The standard InChI is InChI=1S/C22H22N4O5/c1-2-19(27)18-13-12-17-20(22(29)24(21(17)28)15-6-4-3-5-7-15)25(18)23-14-8-10-16(11-9-14)26(30)31/h3-13,17-20,23,27H,2H2,1H3/t17?,18?,19-,20-/m0/s1. The minimum atomic E-state index is -0.862. The van der Waals surface area contributed by atoms with Crippen molar-refractivity contribution < 1.29 is 19.6 Å². The van der Waals surface area contributed by atoms with Gasteiger partial charge in [-0.15, -0.1) is 0 Å². The van der Waals surface area contributed by atoms with E-state index in [-0.39, 0.29) is 11.6 Å². The van der Waals surface area contributed by atoms with Crippen molar-refractivity contribution in [2.45, 2.75) is 31.5 Å². The summed E-state index contributed by atoms with van der Waals surface area (Å²) in [6.07, 6.45) is 3.07. The molecule has 4 rings (SSSR count). The van der Waals surface area contributed by atoms with Gasteiger partial charge in [0.2, 0.25) is 5.91 Å². The van der Waals surface area contributed by atoms with E-state index in [4.69, 9.17) is 0 Å². The number of nitro benzene ring substituents is 1. The van der Waals surface area contributed by atoms with Crippen LogP contribution in [0.4, 0.5) is 17.1 Å². The van der Waals surface area contributed by atoms with E-state index in [1.54, 1.807) is 47.5 Å². The maximum Gasteiger partial charge on any atom is 0.269 e. The predicted molar refractivity (Wildman–Crippen MR) is 114 cm³/mol. The van der Waals surface area contributed by atoms with Crippen molar-refractivity contribution in [3.8, 4) is 0 Å². The molecule has 1 fully saturated rings. The van der Waals surface area contributed by atoms with Gasteiger partial charge in [0.15, 0.2) is 0 Å². The summed E-state index contributed by atoms with van der Waals surface area (Å²) in [6, 6.07) is 13.0. The molecule has 0 spiro atoms. The van der Waals surface area contributed by atoms with Crippen molar-refractivity contribution in [2.24, 2.45) is 5.92 Å². The largest absolute Gasteiger partial charge is 0.391 e. The van der Waals surface area contributed by atoms with Crippen LogP contribution in [0.25, 0.3) is 0 Å². The van der Waals surface area contributed by atoms with E-state index < -0.39 is 34.9 Å². The molecule has 2 heterocycles. The van der Waals surface area contributed by atoms with E-state index >= 15 is 0 Å². The summed E-state index contributed by atoms with van der Waals surface area (Å²) in [7, 11) is 0. The van der Waals surface area contributed by atoms with Crippen molar-refractivity contribution in [3.63, 3.8) is 0 Å². The summed E-state index contributed by atoms with van der Waals surface area (Å²) < 4.78 is 0. The number of carbonyl (C=O) groups excluding carboxylic acids is 2. The van der Waals surface area contributed by atoms with Gasteiger partial charge in [-0.25, -0.2) is 9.91 Å². The van der Waals surface area contributed by atoms with Gasteiger partial charge in [0, 0.05) is 17.8 Å². The quantitative estimate of drug-likeness (QED) is 0.318. The number of nitrogens with zero attached hydrogens (tertiary/aromatic N) is 3. The average Bonchev–Trinajstić information content (AvgIpc) is 3.04. The molecule has 9 nitrogen and oxygen atoms in total. The number of aliphatic hydroxyl groups is 1. The number of para-hydroxylation sites is 1. The lowest BCUT2D eigenvalue weighted by atomic mass is 9.92. The highest BCUT2D eigenvalue weighted by Gasteiger charge is 2.53. The molecule has 0 aliphatic carbocycles. The van der Waals surface area contributed by atoms with Crippen LogP contribution in [0.2, 0.25) is 0 Å². The van der Waals surface area contributed by atoms with Crippen LogP contribution < -0.4 is 10.3 Å². The van der Waals surface area contributed by atoms with Gasteiger partial charge in [0.25, 0.3) is 11.6 Å². The average molecular weight is 422 g/mol. The molecule has 0 bridgehead atoms. The topological polar surface area (TPSA) is 116 Å². The molecule has 1 saturated heterocycles. The van der Waals surface area contributed by atoms with Crippen LogP contribution in [0, 0.1) is 16.0 Å². The van der Waals surface area contributed by atoms with Gasteiger partial charge >= 0.3 is 0 Å². The molecule has 2 unspecified atom stereocenters. The fourth-order valence-electron chi connectivity index (χ4n) is 4.01. The molecule has 0 saturated carbocycles. The number of rotatable bonds is 6. The predicted octanol–water partition coefficient (Wildman–Crippen LogP) is 2.49. The van der Waals surface area contributed by atoms with Gasteiger partial charge < -0.3 is 10.5 Å². The summed E-state index contributed by atoms with van der Waals surface area (Å²) in [5, 5.41) is 23.1. The minimum Gasteiger partial charge on any atom is -0.391 e. The normalized spacial score (nSPS) is 24.2. The highest BCUT2D eigenvalue weighted by molar-refractivity contribution is 6.24. The van der Waals surface area contributed by atoms with Crippen molar-refractivity contribution in [3.05, 3.63) is 76.9 Å². The Morgan fingerprint density at radius 2 is 1.74 bits per heavy atom. The Balaban J connectivity index is 1.69. The molecule has 9 heteroatoms. The maximum absolute atomic E-state index is 13.4. The zero-order valence-electron chi connectivity index (χ0n) is 16.8. The first-order valence-corrected chi connectivity index (χ1v) is 10.0. The summed E-state index contributed by atoms with van der Waals surface area (Å²) in [5.74, 6) is -1.44. The van der Waals surface area contributed by atoms with Crippen LogP contribution >= 0.6 is 0 Å². The number of nitro groups is 1. The third kappa shape index (κ3) is 3.69. The fraction of sp³-hybridized carbons (Fsp3) is 0.273. The molecule has 2 aliphatic rings. The first kappa shape index (κ1) is 20.7. The van der Waals surface area contributed by atoms with Gasteiger partial charge in [-0.2, -0.15) is 0 Å². The van der Waals surface area contributed by atoms with Crippen LogP contribution in [0.5, 0.6) is 0 Å². The molecule has 2 aromatic carbocycles. The van der Waals surface area contributed by atoms with Crippen LogP contribution in [0.3, 0.4) is 0 Å². The molecule has 2 aliphatic heterocycles. The lowest BCUT2D eigenvalue weighted by molar-refractivity contribution is -0.384. The number of nitrogens with one attached hydrogen (secondary N) is 1. The number of imide groups is 1. The van der Waals surface area contributed by atoms with Crippen molar-refractivity contribution in [1.29, 1.82) is 0 Å². The van der Waals surface area contributed by atoms with Gasteiger partial charge in [-0.05, 0) is 30.7 Å². The third-order valence-electron chi connectivity index (χ3n) is 5.62. The van der Waals surface area contributed by atoms with E-state index in [0.717, 1.165) is 0 Å². The smallest absolute Gasteiger partial charge is 0.269 e. The fourth-order valence-corrected chi connectivity index (χ4v) is 4.01. The Bertz CT molecular complexity index is 1020. The molecular weight excluding hydrogens is 400 g/mol. The highest BCUT2D eigenvalue weighted by Crippen LogP contribution is 2.36. The molecule has 2 aromatic rings. The Morgan fingerprint density at radius 3 is 2.35 bits per heavy atom. The summed E-state index contributed by atoms with van der Waals surface area (Å²) in [4.78, 5) is 38.0. The van der Waals surface area contributed by atoms with Gasteiger partial charge in [-0.3, -0.25) is 19.7 Å². The van der Waals surface area contributed by atoms with E-state index in [0.29, 0.717) is 17.8 Å². The monoisotopic (exact) mass is 422 g/mol. The number of amides is 2. The van der Waals surface area contributed by atoms with E-state index in [1.807, 2.05) is 6.92 Å². The number of hydrogen-bond acceptors (Lipinski definition) is 7. The van der Waals surface area contributed by atoms with Gasteiger partial charge in [0.05, 0.1) is 28.7 Å². The van der Waals surface area contributed by atoms with Crippen LogP contribution in [-0.4, -0.2) is 45.0 Å². The second-order valence-corrected chi connectivity index (χ2v) is 7.49. The van der Waals surface area contributed by atoms with E-state index in [2.05, 4.69) is 5.43 Å². The Hall–Kier alpha value is -3.56. The first-order chi connectivity index (χ1) is 14.9. The SMILES string of the molecule is CC[C@H](O)C1C=CC2C(=O)N(c3ccccc3)C(=O)[C@H]2N1Nc1ccc([N+](=O)[O-])cc1. The molecular formula is C22H22N4O5. The molecule has 2 amide bonds. The van der Waals surface area contributed by atoms with E-state index in [9.17, 15) is 24.8 Å². The Morgan fingerprint density at radius 1 is 1.06 bits per heavy atom. The molecule has 4 atom stereocenters. The molecule has 31 heavy (non-hydrogen) atoms. The number of benzene rings is 2. The number of hydrogen-bond donors (Lipinski definition) is 2. The zero-order chi connectivity index (χ0) is 22.1. The van der Waals surface area contributed by atoms with Crippen molar-refractivity contribution >= 4 is 28.9 Å². The number of aliphatic hydroxyl groups excluding tert-OH is 1. The second kappa shape index (κ2) is 8.29. The number of carbonyl (C=O) groups is 2. The van der Waals surface area contributed by atoms with Crippen LogP contribution in [-0.2, 0) is 9.59 Å². The molecule has 0 radical (unpaired) electrons. The third-order valence-corrected chi connectivity index (χ3v) is 5.62. The van der Waals surface area contributed by atoms with Crippen LogP contribution in [0.1, 0.15) is 13.3 Å². The van der Waals surface area contributed by atoms with Gasteiger partial charge in [-0.1, -0.05) is 37.3 Å². The number of anilines is 2. The summed E-state index contributed by atoms with van der Waals surface area (Å²) in [6.45, 7) is 1.83. The number of non-ortho nitro benzene ring substituents is 1. The van der Waals surface area contributed by atoms with Gasteiger partial charge in [0.1, 0.15) is 6.04 Å². The van der Waals surface area contributed by atoms with Crippen molar-refractivity contribution in [2.75, 3.05) is 10.3 Å². The summed E-state index contributed by atoms with van der Waals surface area (Å²) in [5.41, 5.74) is 4.04. The second-order valence-electron chi connectivity index (χ2n) is 7.49. The summed E-state index contributed by atoms with van der Waals surface area (Å²) >= 11 is 0.